The second-order valence-electron chi connectivity index (χ2n) is 6.95. The molecule has 1 saturated heterocycles. The van der Waals surface area contributed by atoms with Crippen molar-refractivity contribution in [3.63, 3.8) is 0 Å². The van der Waals surface area contributed by atoms with E-state index in [1.807, 2.05) is 0 Å². The largest absolute Gasteiger partial charge is 0.465 e. The number of nitrogens with one attached hydrogen (secondary N) is 1. The summed E-state index contributed by atoms with van der Waals surface area (Å²) in [6, 6.07) is 5.53. The van der Waals surface area contributed by atoms with Crippen LogP contribution in [0.25, 0.3) is 0 Å². The first kappa shape index (κ1) is 20.2. The molecule has 1 N–H and O–H groups in total. The lowest BCUT2D eigenvalue weighted by atomic mass is 9.99. The molecule has 0 unspecified atom stereocenters. The molecule has 1 aliphatic heterocycles. The highest BCUT2D eigenvalue weighted by atomic mass is 32.2. The smallest absolute Gasteiger partial charge is 0.337 e. The lowest BCUT2D eigenvalue weighted by molar-refractivity contribution is 0.0600. The van der Waals surface area contributed by atoms with Gasteiger partial charge in [0.05, 0.1) is 22.8 Å². The number of methoxy groups -OCH3 is 1. The van der Waals surface area contributed by atoms with Crippen molar-refractivity contribution in [3.8, 4) is 0 Å². The zero-order chi connectivity index (χ0) is 19.7. The van der Waals surface area contributed by atoms with Crippen molar-refractivity contribution >= 4 is 26.0 Å². The van der Waals surface area contributed by atoms with E-state index in [-0.39, 0.29) is 28.2 Å². The Balaban J connectivity index is 1.53. The van der Waals surface area contributed by atoms with Crippen LogP contribution >= 0.6 is 0 Å². The van der Waals surface area contributed by atoms with Crippen molar-refractivity contribution in [3.05, 3.63) is 29.8 Å². The highest BCUT2D eigenvalue weighted by Gasteiger charge is 2.41. The molecular weight excluding hydrogens is 392 g/mol. The number of ether oxygens (including phenoxy) is 1. The fourth-order valence-electron chi connectivity index (χ4n) is 3.14. The van der Waals surface area contributed by atoms with Gasteiger partial charge in [-0.3, -0.25) is 0 Å². The molecule has 0 atom stereocenters. The number of carbonyl (C=O) groups is 1. The number of hydrogen-bond acceptors (Lipinski definition) is 6. The van der Waals surface area contributed by atoms with Crippen LogP contribution < -0.4 is 4.72 Å². The van der Waals surface area contributed by atoms with Crippen molar-refractivity contribution in [2.45, 2.75) is 35.8 Å². The highest BCUT2D eigenvalue weighted by molar-refractivity contribution is 7.90. The van der Waals surface area contributed by atoms with Crippen LogP contribution in [0.3, 0.4) is 0 Å². The number of piperidine rings is 1. The molecule has 0 aromatic heterocycles. The molecule has 27 heavy (non-hydrogen) atoms. The van der Waals surface area contributed by atoms with Crippen molar-refractivity contribution in [2.75, 3.05) is 26.7 Å². The molecule has 0 bridgehead atoms. The SMILES string of the molecule is COC(=O)c1ccc(S(=O)(=O)NCC2CCN(S(=O)(=O)C3CC3)CC2)cc1. The maximum absolute atomic E-state index is 12.4. The van der Waals surface area contributed by atoms with Crippen LogP contribution in [0.15, 0.2) is 29.2 Å². The fourth-order valence-corrected chi connectivity index (χ4v) is 6.13. The zero-order valence-corrected chi connectivity index (χ0v) is 16.8. The van der Waals surface area contributed by atoms with Gasteiger partial charge in [-0.15, -0.1) is 0 Å². The van der Waals surface area contributed by atoms with Crippen molar-refractivity contribution in [1.29, 1.82) is 0 Å². The second kappa shape index (κ2) is 7.86. The molecule has 3 rings (SSSR count). The molecule has 1 saturated carbocycles. The zero-order valence-electron chi connectivity index (χ0n) is 15.1. The number of sulfonamides is 2. The summed E-state index contributed by atoms with van der Waals surface area (Å²) in [6.45, 7) is 1.15. The van der Waals surface area contributed by atoms with E-state index in [1.165, 1.54) is 31.4 Å². The van der Waals surface area contributed by atoms with E-state index in [9.17, 15) is 21.6 Å². The van der Waals surface area contributed by atoms with Gasteiger partial charge in [-0.05, 0) is 55.9 Å². The Bertz CT molecular complexity index is 884. The average molecular weight is 417 g/mol. The number of carbonyl (C=O) groups excluding carboxylic acids is 1. The van der Waals surface area contributed by atoms with Crippen molar-refractivity contribution < 1.29 is 26.4 Å². The third-order valence-electron chi connectivity index (χ3n) is 5.03. The molecule has 1 heterocycles. The number of hydrogen-bond donors (Lipinski definition) is 1. The van der Waals surface area contributed by atoms with Crippen LogP contribution in [0.1, 0.15) is 36.0 Å². The first-order chi connectivity index (χ1) is 12.7. The van der Waals surface area contributed by atoms with E-state index >= 15 is 0 Å². The highest BCUT2D eigenvalue weighted by Crippen LogP contribution is 2.33. The van der Waals surface area contributed by atoms with Gasteiger partial charge in [-0.25, -0.2) is 30.7 Å². The Morgan fingerprint density at radius 2 is 1.67 bits per heavy atom. The van der Waals surface area contributed by atoms with Gasteiger partial charge in [-0.1, -0.05) is 0 Å². The summed E-state index contributed by atoms with van der Waals surface area (Å²) in [6.07, 6.45) is 2.76. The predicted octanol–water partition coefficient (Wildman–Crippen LogP) is 0.956. The van der Waals surface area contributed by atoms with Crippen molar-refractivity contribution in [2.24, 2.45) is 5.92 Å². The summed E-state index contributed by atoms with van der Waals surface area (Å²) in [5, 5.41) is -0.208. The lowest BCUT2D eigenvalue weighted by Crippen LogP contribution is -2.42. The van der Waals surface area contributed by atoms with Crippen LogP contribution in [0.2, 0.25) is 0 Å². The van der Waals surface area contributed by atoms with Crippen LogP contribution in [0.4, 0.5) is 0 Å². The molecule has 8 nitrogen and oxygen atoms in total. The molecule has 0 radical (unpaired) electrons. The molecule has 10 heteroatoms. The minimum absolute atomic E-state index is 0.0731. The molecule has 2 aliphatic rings. The summed E-state index contributed by atoms with van der Waals surface area (Å²) in [5.41, 5.74) is 0.278. The summed E-state index contributed by atoms with van der Waals surface area (Å²) in [4.78, 5) is 11.5. The van der Waals surface area contributed by atoms with Gasteiger partial charge in [0.1, 0.15) is 0 Å². The lowest BCUT2D eigenvalue weighted by Gasteiger charge is -2.31. The van der Waals surface area contributed by atoms with Gasteiger partial charge >= 0.3 is 5.97 Å². The standard InChI is InChI=1S/C17H24N2O6S2/c1-25-17(20)14-2-4-15(5-3-14)26(21,22)18-12-13-8-10-19(11-9-13)27(23,24)16-6-7-16/h2-5,13,16,18H,6-12H2,1H3. The second-order valence-corrected chi connectivity index (χ2v) is 10.9. The molecule has 1 aliphatic carbocycles. The first-order valence-corrected chi connectivity index (χ1v) is 11.9. The van der Waals surface area contributed by atoms with Gasteiger partial charge in [0.2, 0.25) is 20.0 Å². The molecule has 0 spiro atoms. The van der Waals surface area contributed by atoms with E-state index in [2.05, 4.69) is 9.46 Å². The summed E-state index contributed by atoms with van der Waals surface area (Å²) >= 11 is 0. The van der Waals surface area contributed by atoms with Crippen LogP contribution in [0.5, 0.6) is 0 Å². The third kappa shape index (κ3) is 4.68. The Kier molecular flexibility index (Phi) is 5.90. The van der Waals surface area contributed by atoms with Gasteiger partial charge in [0.15, 0.2) is 0 Å². The van der Waals surface area contributed by atoms with E-state index in [0.29, 0.717) is 25.9 Å². The minimum atomic E-state index is -3.69. The van der Waals surface area contributed by atoms with E-state index in [0.717, 1.165) is 12.8 Å². The van der Waals surface area contributed by atoms with Gasteiger partial charge in [0, 0.05) is 19.6 Å². The number of benzene rings is 1. The van der Waals surface area contributed by atoms with Gasteiger partial charge < -0.3 is 4.74 Å². The normalized spacial score (nSPS) is 19.7. The van der Waals surface area contributed by atoms with Gasteiger partial charge in [-0.2, -0.15) is 0 Å². The molecule has 1 aromatic carbocycles. The summed E-state index contributed by atoms with van der Waals surface area (Å²) in [7, 11) is -5.58. The molecule has 2 fully saturated rings. The monoisotopic (exact) mass is 416 g/mol. The maximum Gasteiger partial charge on any atom is 0.337 e. The number of esters is 1. The van der Waals surface area contributed by atoms with Gasteiger partial charge in [0.25, 0.3) is 0 Å². The average Bonchev–Trinajstić information content (AvgIpc) is 3.52. The number of rotatable bonds is 7. The molecule has 150 valence electrons. The Labute approximate surface area is 160 Å². The Morgan fingerprint density at radius 1 is 1.07 bits per heavy atom. The summed E-state index contributed by atoms with van der Waals surface area (Å²) < 4.78 is 58.0. The first-order valence-electron chi connectivity index (χ1n) is 8.91. The van der Waals surface area contributed by atoms with E-state index < -0.39 is 26.0 Å². The fraction of sp³-hybridized carbons (Fsp3) is 0.588. The maximum atomic E-state index is 12.4. The number of nitrogens with zero attached hydrogens (tertiary/aromatic N) is 1. The topological polar surface area (TPSA) is 110 Å². The predicted molar refractivity (Wildman–Crippen MR) is 99.2 cm³/mol. The van der Waals surface area contributed by atoms with E-state index in [4.69, 9.17) is 0 Å². The minimum Gasteiger partial charge on any atom is -0.465 e. The molecule has 1 aromatic rings. The van der Waals surface area contributed by atoms with E-state index in [1.54, 1.807) is 4.31 Å². The van der Waals surface area contributed by atoms with Crippen LogP contribution in [0, 0.1) is 5.92 Å². The summed E-state index contributed by atoms with van der Waals surface area (Å²) in [5.74, 6) is -0.431. The quantitative estimate of drug-likeness (QED) is 0.663. The Hall–Kier alpha value is -1.49. The molecule has 0 amide bonds. The van der Waals surface area contributed by atoms with Crippen molar-refractivity contribution in [1.82, 2.24) is 9.03 Å². The van der Waals surface area contributed by atoms with Crippen LogP contribution in [-0.4, -0.2) is 59.1 Å². The molecular formula is C17H24N2O6S2. The third-order valence-corrected chi connectivity index (χ3v) is 8.87. The Morgan fingerprint density at radius 3 is 2.19 bits per heavy atom. The van der Waals surface area contributed by atoms with Crippen LogP contribution in [-0.2, 0) is 24.8 Å².